The summed E-state index contributed by atoms with van der Waals surface area (Å²) in [6.45, 7) is 2.87. The van der Waals surface area contributed by atoms with Gasteiger partial charge in [0.05, 0.1) is 13.1 Å². The highest BCUT2D eigenvalue weighted by molar-refractivity contribution is 14.0. The number of hydrogen-bond donors (Lipinski definition) is 3. The SMILES string of the molecule is CCNC(=NCc1cc(F)ccc1F)NCCN1C(=O)CNC1=O.I. The van der Waals surface area contributed by atoms with Crippen LogP contribution < -0.4 is 16.0 Å². The molecule has 138 valence electrons. The molecule has 25 heavy (non-hydrogen) atoms. The zero-order valence-corrected chi connectivity index (χ0v) is 16.0. The molecular weight excluding hydrogens is 447 g/mol. The lowest BCUT2D eigenvalue weighted by Crippen LogP contribution is -2.43. The predicted octanol–water partition coefficient (Wildman–Crippen LogP) is 1.19. The maximum Gasteiger partial charge on any atom is 0.324 e. The largest absolute Gasteiger partial charge is 0.357 e. The third-order valence-electron chi connectivity index (χ3n) is 3.32. The van der Waals surface area contributed by atoms with Crippen molar-refractivity contribution in [3.8, 4) is 0 Å². The molecule has 1 saturated heterocycles. The number of benzene rings is 1. The molecular formula is C15H20F2IN5O2. The molecule has 2 rings (SSSR count). The van der Waals surface area contributed by atoms with Crippen LogP contribution in [-0.2, 0) is 11.3 Å². The van der Waals surface area contributed by atoms with Gasteiger partial charge in [-0.1, -0.05) is 0 Å². The van der Waals surface area contributed by atoms with Gasteiger partial charge in [0.2, 0.25) is 5.91 Å². The fraction of sp³-hybridized carbons (Fsp3) is 0.400. The van der Waals surface area contributed by atoms with E-state index >= 15 is 0 Å². The van der Waals surface area contributed by atoms with E-state index in [1.807, 2.05) is 6.92 Å². The lowest BCUT2D eigenvalue weighted by molar-refractivity contribution is -0.124. The summed E-state index contributed by atoms with van der Waals surface area (Å²) in [5.41, 5.74) is 0.140. The number of aliphatic imine (C=N–C) groups is 1. The molecule has 1 heterocycles. The topological polar surface area (TPSA) is 85.8 Å². The minimum absolute atomic E-state index is 0. The summed E-state index contributed by atoms with van der Waals surface area (Å²) in [5, 5.41) is 8.32. The van der Waals surface area contributed by atoms with Crippen LogP contribution in [0.25, 0.3) is 0 Å². The molecule has 0 aliphatic carbocycles. The Kier molecular flexibility index (Phi) is 8.52. The number of nitrogens with one attached hydrogen (secondary N) is 3. The van der Waals surface area contributed by atoms with E-state index in [0.29, 0.717) is 12.5 Å². The Morgan fingerprint density at radius 1 is 1.32 bits per heavy atom. The third kappa shape index (κ3) is 6.11. The first kappa shape index (κ1) is 21.1. The molecule has 3 amide bonds. The number of carbonyl (C=O) groups is 2. The quantitative estimate of drug-likeness (QED) is 0.254. The van der Waals surface area contributed by atoms with E-state index in [1.54, 1.807) is 0 Å². The molecule has 3 N–H and O–H groups in total. The maximum atomic E-state index is 13.6. The molecule has 0 spiro atoms. The van der Waals surface area contributed by atoms with Gasteiger partial charge in [-0.3, -0.25) is 9.69 Å². The summed E-state index contributed by atoms with van der Waals surface area (Å²) in [6.07, 6.45) is 0. The monoisotopic (exact) mass is 467 g/mol. The number of nitrogens with zero attached hydrogens (tertiary/aromatic N) is 2. The molecule has 0 atom stereocenters. The van der Waals surface area contributed by atoms with Crippen LogP contribution in [0.5, 0.6) is 0 Å². The number of guanidine groups is 1. The van der Waals surface area contributed by atoms with Gasteiger partial charge in [0.15, 0.2) is 5.96 Å². The van der Waals surface area contributed by atoms with Crippen LogP contribution in [0.4, 0.5) is 13.6 Å². The summed E-state index contributed by atoms with van der Waals surface area (Å²) in [6, 6.07) is 2.77. The van der Waals surface area contributed by atoms with Crippen LogP contribution in [0.2, 0.25) is 0 Å². The van der Waals surface area contributed by atoms with Crippen molar-refractivity contribution in [2.45, 2.75) is 13.5 Å². The Labute approximate surface area is 161 Å². The first-order valence-corrected chi connectivity index (χ1v) is 7.55. The number of rotatable bonds is 6. The molecule has 0 aromatic heterocycles. The van der Waals surface area contributed by atoms with E-state index < -0.39 is 17.7 Å². The van der Waals surface area contributed by atoms with E-state index in [2.05, 4.69) is 20.9 Å². The maximum absolute atomic E-state index is 13.6. The molecule has 0 bridgehead atoms. The number of hydrogen-bond acceptors (Lipinski definition) is 3. The van der Waals surface area contributed by atoms with Crippen molar-refractivity contribution in [2.24, 2.45) is 4.99 Å². The first-order chi connectivity index (χ1) is 11.5. The van der Waals surface area contributed by atoms with Crippen LogP contribution in [0, 0.1) is 11.6 Å². The highest BCUT2D eigenvalue weighted by atomic mass is 127. The van der Waals surface area contributed by atoms with Crippen LogP contribution in [-0.4, -0.2) is 49.0 Å². The van der Waals surface area contributed by atoms with Crippen molar-refractivity contribution < 1.29 is 18.4 Å². The molecule has 0 radical (unpaired) electrons. The average molecular weight is 467 g/mol. The van der Waals surface area contributed by atoms with Crippen LogP contribution in [0.3, 0.4) is 0 Å². The fourth-order valence-electron chi connectivity index (χ4n) is 2.14. The highest BCUT2D eigenvalue weighted by Crippen LogP contribution is 2.10. The van der Waals surface area contributed by atoms with Gasteiger partial charge in [0, 0.05) is 25.2 Å². The minimum Gasteiger partial charge on any atom is -0.357 e. The van der Waals surface area contributed by atoms with Crippen LogP contribution >= 0.6 is 24.0 Å². The third-order valence-corrected chi connectivity index (χ3v) is 3.32. The summed E-state index contributed by atoms with van der Waals surface area (Å²) in [7, 11) is 0. The minimum atomic E-state index is -0.532. The van der Waals surface area contributed by atoms with Gasteiger partial charge in [-0.05, 0) is 25.1 Å². The van der Waals surface area contributed by atoms with Gasteiger partial charge in [-0.25, -0.2) is 18.6 Å². The van der Waals surface area contributed by atoms with Crippen LogP contribution in [0.1, 0.15) is 12.5 Å². The second-order valence-corrected chi connectivity index (χ2v) is 5.06. The molecule has 1 aromatic rings. The van der Waals surface area contributed by atoms with Crippen LogP contribution in [0.15, 0.2) is 23.2 Å². The molecule has 1 fully saturated rings. The van der Waals surface area contributed by atoms with Crippen molar-refractivity contribution in [3.63, 3.8) is 0 Å². The van der Waals surface area contributed by atoms with E-state index in [0.717, 1.165) is 23.1 Å². The molecule has 1 aliphatic rings. The normalized spacial score (nSPS) is 14.2. The second-order valence-electron chi connectivity index (χ2n) is 5.06. The first-order valence-electron chi connectivity index (χ1n) is 7.55. The van der Waals surface area contributed by atoms with Gasteiger partial charge in [0.1, 0.15) is 11.6 Å². The number of imide groups is 1. The number of amides is 3. The summed E-state index contributed by atoms with van der Waals surface area (Å²) >= 11 is 0. The standard InChI is InChI=1S/C15H19F2N5O2.HI/c1-2-18-14(19-5-6-22-13(23)9-21-15(22)24)20-8-10-7-11(16)3-4-12(10)17;/h3-4,7H,2,5-6,8-9H2,1H3,(H,21,24)(H2,18,19,20);1H. The van der Waals surface area contributed by atoms with Gasteiger partial charge in [0.25, 0.3) is 0 Å². The van der Waals surface area contributed by atoms with Gasteiger partial charge < -0.3 is 16.0 Å². The van der Waals surface area contributed by atoms with Crippen molar-refractivity contribution in [2.75, 3.05) is 26.2 Å². The van der Waals surface area contributed by atoms with E-state index in [-0.39, 0.29) is 61.6 Å². The van der Waals surface area contributed by atoms with Crippen molar-refractivity contribution >= 4 is 41.9 Å². The smallest absolute Gasteiger partial charge is 0.324 e. The molecule has 1 aliphatic heterocycles. The van der Waals surface area contributed by atoms with Crippen molar-refractivity contribution in [3.05, 3.63) is 35.4 Å². The predicted molar refractivity (Wildman–Crippen MR) is 99.7 cm³/mol. The number of urea groups is 1. The van der Waals surface area contributed by atoms with E-state index in [1.165, 1.54) is 0 Å². The van der Waals surface area contributed by atoms with Gasteiger partial charge >= 0.3 is 6.03 Å². The van der Waals surface area contributed by atoms with Crippen molar-refractivity contribution in [1.82, 2.24) is 20.9 Å². The Morgan fingerprint density at radius 3 is 2.72 bits per heavy atom. The summed E-state index contributed by atoms with van der Waals surface area (Å²) < 4.78 is 26.7. The van der Waals surface area contributed by atoms with Gasteiger partial charge in [-0.2, -0.15) is 0 Å². The molecule has 7 nitrogen and oxygen atoms in total. The Balaban J connectivity index is 0.00000312. The Bertz CT molecular complexity index is 641. The number of halogens is 3. The zero-order chi connectivity index (χ0) is 17.5. The fourth-order valence-corrected chi connectivity index (χ4v) is 2.14. The number of carbonyl (C=O) groups excluding carboxylic acids is 2. The molecule has 0 saturated carbocycles. The Hall–Kier alpha value is -1.98. The molecule has 0 unspecified atom stereocenters. The second kappa shape index (κ2) is 10.1. The van der Waals surface area contributed by atoms with E-state index in [9.17, 15) is 18.4 Å². The lowest BCUT2D eigenvalue weighted by atomic mass is 10.2. The van der Waals surface area contributed by atoms with E-state index in [4.69, 9.17) is 0 Å². The Morgan fingerprint density at radius 2 is 2.08 bits per heavy atom. The van der Waals surface area contributed by atoms with Gasteiger partial charge in [-0.15, -0.1) is 24.0 Å². The molecule has 1 aromatic carbocycles. The summed E-state index contributed by atoms with van der Waals surface area (Å²) in [5.74, 6) is -0.966. The summed E-state index contributed by atoms with van der Waals surface area (Å²) in [4.78, 5) is 28.1. The lowest BCUT2D eigenvalue weighted by Gasteiger charge is -2.15. The zero-order valence-electron chi connectivity index (χ0n) is 13.6. The van der Waals surface area contributed by atoms with Crippen molar-refractivity contribution in [1.29, 1.82) is 0 Å². The highest BCUT2D eigenvalue weighted by Gasteiger charge is 2.27. The average Bonchev–Trinajstić information content (AvgIpc) is 2.87. The molecule has 10 heteroatoms.